The number of anilines is 1. The number of amides is 1. The van der Waals surface area contributed by atoms with Gasteiger partial charge in [0.2, 0.25) is 5.91 Å². The second-order valence-electron chi connectivity index (χ2n) is 7.23. The summed E-state index contributed by atoms with van der Waals surface area (Å²) in [6.07, 6.45) is 0.421. The van der Waals surface area contributed by atoms with Crippen molar-refractivity contribution in [3.63, 3.8) is 0 Å². The minimum Gasteiger partial charge on any atom is -0.326 e. The molecular formula is C20H29N5O. The fourth-order valence-electron chi connectivity index (χ4n) is 3.34. The molecule has 1 aliphatic heterocycles. The molecule has 0 unspecified atom stereocenters. The van der Waals surface area contributed by atoms with Crippen molar-refractivity contribution < 1.29 is 4.79 Å². The topological polar surface area (TPSA) is 53.4 Å². The summed E-state index contributed by atoms with van der Waals surface area (Å²) in [7, 11) is 2.17. The number of carbonyl (C=O) groups excluding carboxylic acids is 1. The molecule has 0 bridgehead atoms. The van der Waals surface area contributed by atoms with Gasteiger partial charge in [-0.15, -0.1) is 0 Å². The van der Waals surface area contributed by atoms with Gasteiger partial charge in [-0.3, -0.25) is 14.4 Å². The van der Waals surface area contributed by atoms with Gasteiger partial charge in [0.1, 0.15) is 0 Å². The number of nitrogens with zero attached hydrogens (tertiary/aromatic N) is 4. The van der Waals surface area contributed by atoms with Crippen LogP contribution >= 0.6 is 0 Å². The molecule has 1 fully saturated rings. The van der Waals surface area contributed by atoms with E-state index in [1.54, 1.807) is 0 Å². The van der Waals surface area contributed by atoms with E-state index in [9.17, 15) is 4.79 Å². The Balaban J connectivity index is 1.51. The van der Waals surface area contributed by atoms with Crippen LogP contribution in [-0.2, 0) is 17.9 Å². The van der Waals surface area contributed by atoms with E-state index in [1.165, 1.54) is 5.56 Å². The molecule has 0 spiro atoms. The molecule has 0 atom stereocenters. The number of hydrogen-bond acceptors (Lipinski definition) is 4. The predicted molar refractivity (Wildman–Crippen MR) is 104 cm³/mol. The standard InChI is InChI=1S/C20H29N5O/c1-16-13-17(2)25(22-16)8-7-20(26)21-19-6-4-5-18(14-19)15-24-11-9-23(3)10-12-24/h4-6,13-14H,7-12,15H2,1-3H3,(H,21,26). The van der Waals surface area contributed by atoms with Crippen molar-refractivity contribution in [1.82, 2.24) is 19.6 Å². The van der Waals surface area contributed by atoms with Gasteiger partial charge >= 0.3 is 0 Å². The summed E-state index contributed by atoms with van der Waals surface area (Å²) < 4.78 is 1.89. The number of piperazine rings is 1. The van der Waals surface area contributed by atoms with Crippen molar-refractivity contribution in [2.45, 2.75) is 33.4 Å². The van der Waals surface area contributed by atoms with E-state index in [0.29, 0.717) is 13.0 Å². The Morgan fingerprint density at radius 1 is 1.15 bits per heavy atom. The Morgan fingerprint density at radius 3 is 2.62 bits per heavy atom. The van der Waals surface area contributed by atoms with Gasteiger partial charge in [-0.1, -0.05) is 12.1 Å². The first kappa shape index (κ1) is 18.6. The van der Waals surface area contributed by atoms with Crippen LogP contribution in [-0.4, -0.2) is 58.7 Å². The number of rotatable bonds is 6. The Labute approximate surface area is 155 Å². The molecule has 1 N–H and O–H groups in total. The fraction of sp³-hybridized carbons (Fsp3) is 0.500. The van der Waals surface area contributed by atoms with Gasteiger partial charge in [0, 0.05) is 57.1 Å². The lowest BCUT2D eigenvalue weighted by Gasteiger charge is -2.32. The van der Waals surface area contributed by atoms with Crippen molar-refractivity contribution in [3.8, 4) is 0 Å². The third kappa shape index (κ3) is 5.16. The van der Waals surface area contributed by atoms with Gasteiger partial charge < -0.3 is 10.2 Å². The van der Waals surface area contributed by atoms with Crippen LogP contribution < -0.4 is 5.32 Å². The van der Waals surface area contributed by atoms with Crippen LogP contribution in [0, 0.1) is 13.8 Å². The van der Waals surface area contributed by atoms with Crippen LogP contribution in [0.2, 0.25) is 0 Å². The number of carbonyl (C=O) groups is 1. The summed E-state index contributed by atoms with van der Waals surface area (Å²) in [6.45, 7) is 9.93. The summed E-state index contributed by atoms with van der Waals surface area (Å²) in [6, 6.07) is 10.2. The largest absolute Gasteiger partial charge is 0.326 e. The first-order valence-electron chi connectivity index (χ1n) is 9.30. The molecular weight excluding hydrogens is 326 g/mol. The molecule has 1 aliphatic rings. The quantitative estimate of drug-likeness (QED) is 0.864. The van der Waals surface area contributed by atoms with E-state index >= 15 is 0 Å². The van der Waals surface area contributed by atoms with Gasteiger partial charge in [-0.2, -0.15) is 5.10 Å². The molecule has 0 saturated carbocycles. The number of aryl methyl sites for hydroxylation is 3. The van der Waals surface area contributed by atoms with Crippen molar-refractivity contribution in [1.29, 1.82) is 0 Å². The van der Waals surface area contributed by atoms with E-state index in [1.807, 2.05) is 36.7 Å². The highest BCUT2D eigenvalue weighted by Crippen LogP contribution is 2.14. The predicted octanol–water partition coefficient (Wildman–Crippen LogP) is 2.28. The monoisotopic (exact) mass is 355 g/mol. The Bertz CT molecular complexity index is 746. The van der Waals surface area contributed by atoms with Crippen LogP contribution in [0.3, 0.4) is 0 Å². The summed E-state index contributed by atoms with van der Waals surface area (Å²) in [5, 5.41) is 7.42. The second-order valence-corrected chi connectivity index (χ2v) is 7.23. The zero-order valence-corrected chi connectivity index (χ0v) is 16.0. The van der Waals surface area contributed by atoms with Crippen LogP contribution in [0.1, 0.15) is 23.4 Å². The van der Waals surface area contributed by atoms with Crippen LogP contribution in [0.15, 0.2) is 30.3 Å². The van der Waals surface area contributed by atoms with Crippen molar-refractivity contribution in [2.75, 3.05) is 38.5 Å². The number of hydrogen-bond donors (Lipinski definition) is 1. The first-order valence-corrected chi connectivity index (χ1v) is 9.30. The second kappa shape index (κ2) is 8.47. The molecule has 26 heavy (non-hydrogen) atoms. The first-order chi connectivity index (χ1) is 12.5. The maximum atomic E-state index is 12.3. The minimum atomic E-state index is 0.0225. The van der Waals surface area contributed by atoms with Gasteiger partial charge in [0.05, 0.1) is 5.69 Å². The fourth-order valence-corrected chi connectivity index (χ4v) is 3.34. The van der Waals surface area contributed by atoms with Gasteiger partial charge in [-0.25, -0.2) is 0 Å². The molecule has 1 aromatic carbocycles. The lowest BCUT2D eigenvalue weighted by molar-refractivity contribution is -0.116. The third-order valence-corrected chi connectivity index (χ3v) is 4.87. The highest BCUT2D eigenvalue weighted by atomic mass is 16.1. The summed E-state index contributed by atoms with van der Waals surface area (Å²) >= 11 is 0. The highest BCUT2D eigenvalue weighted by Gasteiger charge is 2.14. The van der Waals surface area contributed by atoms with E-state index in [4.69, 9.17) is 0 Å². The normalized spacial score (nSPS) is 16.0. The SMILES string of the molecule is Cc1cc(C)n(CCC(=O)Nc2cccc(CN3CCN(C)CC3)c2)n1. The van der Waals surface area contributed by atoms with Gasteiger partial charge in [0.15, 0.2) is 0 Å². The molecule has 1 saturated heterocycles. The van der Waals surface area contributed by atoms with Gasteiger partial charge in [0.25, 0.3) is 0 Å². The lowest BCUT2D eigenvalue weighted by atomic mass is 10.1. The molecule has 1 aromatic heterocycles. The number of benzene rings is 1. The minimum absolute atomic E-state index is 0.0225. The molecule has 1 amide bonds. The number of aromatic nitrogens is 2. The number of nitrogens with one attached hydrogen (secondary N) is 1. The zero-order valence-electron chi connectivity index (χ0n) is 16.0. The summed E-state index contributed by atoms with van der Waals surface area (Å²) in [5.41, 5.74) is 4.19. The third-order valence-electron chi connectivity index (χ3n) is 4.87. The van der Waals surface area contributed by atoms with Crippen molar-refractivity contribution >= 4 is 11.6 Å². The average molecular weight is 355 g/mol. The molecule has 3 rings (SSSR count). The zero-order chi connectivity index (χ0) is 18.5. The van der Waals surface area contributed by atoms with Crippen LogP contribution in [0.25, 0.3) is 0 Å². The number of likely N-dealkylation sites (N-methyl/N-ethyl adjacent to an activating group) is 1. The average Bonchev–Trinajstić information content (AvgIpc) is 2.93. The maximum Gasteiger partial charge on any atom is 0.226 e. The highest BCUT2D eigenvalue weighted by molar-refractivity contribution is 5.90. The van der Waals surface area contributed by atoms with E-state index in [0.717, 1.165) is 49.8 Å². The molecule has 0 radical (unpaired) electrons. The maximum absolute atomic E-state index is 12.3. The van der Waals surface area contributed by atoms with E-state index in [2.05, 4.69) is 39.4 Å². The van der Waals surface area contributed by atoms with Crippen molar-refractivity contribution in [2.24, 2.45) is 0 Å². The Kier molecular flexibility index (Phi) is 6.06. The van der Waals surface area contributed by atoms with Crippen molar-refractivity contribution in [3.05, 3.63) is 47.3 Å². The Hall–Kier alpha value is -2.18. The molecule has 0 aliphatic carbocycles. The van der Waals surface area contributed by atoms with E-state index in [-0.39, 0.29) is 5.91 Å². The summed E-state index contributed by atoms with van der Waals surface area (Å²) in [4.78, 5) is 17.1. The molecule has 140 valence electrons. The molecule has 2 heterocycles. The molecule has 6 nitrogen and oxygen atoms in total. The smallest absolute Gasteiger partial charge is 0.226 e. The lowest BCUT2D eigenvalue weighted by Crippen LogP contribution is -2.43. The molecule has 6 heteroatoms. The summed E-state index contributed by atoms with van der Waals surface area (Å²) in [5.74, 6) is 0.0225. The van der Waals surface area contributed by atoms with Crippen LogP contribution in [0.4, 0.5) is 5.69 Å². The van der Waals surface area contributed by atoms with E-state index < -0.39 is 0 Å². The van der Waals surface area contributed by atoms with Crippen LogP contribution in [0.5, 0.6) is 0 Å². The molecule has 2 aromatic rings. The van der Waals surface area contributed by atoms with Gasteiger partial charge in [-0.05, 0) is 44.7 Å². The Morgan fingerprint density at radius 2 is 1.92 bits per heavy atom.